The summed E-state index contributed by atoms with van der Waals surface area (Å²) in [7, 11) is 0. The molecule has 15 heavy (non-hydrogen) atoms. The summed E-state index contributed by atoms with van der Waals surface area (Å²) in [6, 6.07) is 8.16. The first-order chi connectivity index (χ1) is 7.26. The fraction of sp³-hybridized carbons (Fsp3) is 0.500. The summed E-state index contributed by atoms with van der Waals surface area (Å²) in [6.45, 7) is 8.29. The number of ether oxygens (including phenoxy) is 1. The zero-order valence-electron chi connectivity index (χ0n) is 9.37. The van der Waals surface area contributed by atoms with Gasteiger partial charge in [0.15, 0.2) is 0 Å². The van der Waals surface area contributed by atoms with E-state index in [9.17, 15) is 0 Å². The normalized spacial score (nSPS) is 10.7. The molecule has 0 bridgehead atoms. The van der Waals surface area contributed by atoms with Crippen molar-refractivity contribution in [3.05, 3.63) is 27.8 Å². The molecule has 84 valence electrons. The Bertz CT molecular complexity index is 269. The minimum atomic E-state index is 0.766. The first-order valence-corrected chi connectivity index (χ1v) is 6.44. The van der Waals surface area contributed by atoms with Gasteiger partial charge in [-0.05, 0) is 59.9 Å². The molecular weight excluding hydrogens is 301 g/mol. The van der Waals surface area contributed by atoms with Gasteiger partial charge in [-0.2, -0.15) is 0 Å². The van der Waals surface area contributed by atoms with Crippen molar-refractivity contribution in [2.45, 2.75) is 13.8 Å². The van der Waals surface area contributed by atoms with Gasteiger partial charge in [0, 0.05) is 10.1 Å². The average Bonchev–Trinajstić information content (AvgIpc) is 2.27. The molecule has 0 N–H and O–H groups in total. The van der Waals surface area contributed by atoms with Gasteiger partial charge in [0.05, 0.1) is 0 Å². The molecule has 1 rings (SSSR count). The van der Waals surface area contributed by atoms with E-state index in [2.05, 4.69) is 53.5 Å². The van der Waals surface area contributed by atoms with Gasteiger partial charge in [0.1, 0.15) is 12.4 Å². The Morgan fingerprint density at radius 2 is 1.73 bits per heavy atom. The van der Waals surface area contributed by atoms with Crippen molar-refractivity contribution in [3.63, 3.8) is 0 Å². The van der Waals surface area contributed by atoms with E-state index >= 15 is 0 Å². The number of halogens is 1. The molecule has 3 heteroatoms. The van der Waals surface area contributed by atoms with Crippen molar-refractivity contribution in [1.29, 1.82) is 0 Å². The van der Waals surface area contributed by atoms with Crippen LogP contribution in [0.25, 0.3) is 0 Å². The number of hydrogen-bond acceptors (Lipinski definition) is 2. The highest BCUT2D eigenvalue weighted by Gasteiger charge is 1.99. The zero-order valence-corrected chi connectivity index (χ0v) is 11.5. The Morgan fingerprint density at radius 1 is 1.13 bits per heavy atom. The molecule has 0 aliphatic carbocycles. The maximum Gasteiger partial charge on any atom is 0.119 e. The van der Waals surface area contributed by atoms with Crippen LogP contribution in [0.5, 0.6) is 5.75 Å². The van der Waals surface area contributed by atoms with Gasteiger partial charge in [0.2, 0.25) is 0 Å². The molecule has 1 aromatic carbocycles. The fourth-order valence-corrected chi connectivity index (χ4v) is 1.72. The number of likely N-dealkylation sites (N-methyl/N-ethyl adjacent to an activating group) is 1. The summed E-state index contributed by atoms with van der Waals surface area (Å²) < 4.78 is 6.89. The van der Waals surface area contributed by atoms with Gasteiger partial charge in [-0.1, -0.05) is 13.8 Å². The molecule has 0 unspecified atom stereocenters. The molecular formula is C12H18INO. The van der Waals surface area contributed by atoms with Crippen molar-refractivity contribution in [2.24, 2.45) is 0 Å². The fourth-order valence-electron chi connectivity index (χ4n) is 1.36. The zero-order chi connectivity index (χ0) is 11.1. The van der Waals surface area contributed by atoms with Crippen LogP contribution in [-0.2, 0) is 0 Å². The quantitative estimate of drug-likeness (QED) is 0.748. The summed E-state index contributed by atoms with van der Waals surface area (Å²) >= 11 is 2.29. The monoisotopic (exact) mass is 319 g/mol. The molecule has 1 aromatic rings. The van der Waals surface area contributed by atoms with Gasteiger partial charge < -0.3 is 9.64 Å². The second-order valence-corrected chi connectivity index (χ2v) is 4.57. The largest absolute Gasteiger partial charge is 0.492 e. The van der Waals surface area contributed by atoms with Gasteiger partial charge in [-0.15, -0.1) is 0 Å². The third-order valence-corrected chi connectivity index (χ3v) is 3.10. The Hall–Kier alpha value is -0.290. The molecule has 0 aliphatic heterocycles. The number of nitrogens with zero attached hydrogens (tertiary/aromatic N) is 1. The molecule has 0 heterocycles. The van der Waals surface area contributed by atoms with E-state index in [0.29, 0.717) is 0 Å². The van der Waals surface area contributed by atoms with Gasteiger partial charge in [-0.3, -0.25) is 0 Å². The molecule has 0 aromatic heterocycles. The molecule has 0 radical (unpaired) electrons. The lowest BCUT2D eigenvalue weighted by Crippen LogP contribution is -2.27. The minimum Gasteiger partial charge on any atom is -0.492 e. The van der Waals surface area contributed by atoms with Gasteiger partial charge in [-0.25, -0.2) is 0 Å². The van der Waals surface area contributed by atoms with Crippen LogP contribution < -0.4 is 4.74 Å². The van der Waals surface area contributed by atoms with Crippen LogP contribution in [0.1, 0.15) is 13.8 Å². The molecule has 2 nitrogen and oxygen atoms in total. The summed E-state index contributed by atoms with van der Waals surface area (Å²) in [5.41, 5.74) is 0. The highest BCUT2D eigenvalue weighted by atomic mass is 127. The van der Waals surface area contributed by atoms with Crippen LogP contribution in [-0.4, -0.2) is 31.1 Å². The van der Waals surface area contributed by atoms with Crippen LogP contribution in [0.3, 0.4) is 0 Å². The number of hydrogen-bond donors (Lipinski definition) is 0. The number of rotatable bonds is 6. The standard InChI is InChI=1S/C12H18INO/c1-3-14(4-2)9-10-15-12-7-5-11(13)6-8-12/h5-8H,3-4,9-10H2,1-2H3. The maximum absolute atomic E-state index is 5.65. The molecule has 0 saturated heterocycles. The van der Waals surface area contributed by atoms with Crippen molar-refractivity contribution in [1.82, 2.24) is 4.90 Å². The summed E-state index contributed by atoms with van der Waals surface area (Å²) in [6.07, 6.45) is 0. The maximum atomic E-state index is 5.65. The van der Waals surface area contributed by atoms with E-state index < -0.39 is 0 Å². The lowest BCUT2D eigenvalue weighted by molar-refractivity contribution is 0.223. The third-order valence-electron chi connectivity index (χ3n) is 2.38. The average molecular weight is 319 g/mol. The molecule has 0 saturated carbocycles. The van der Waals surface area contributed by atoms with E-state index in [0.717, 1.165) is 32.0 Å². The van der Waals surface area contributed by atoms with Crippen molar-refractivity contribution in [2.75, 3.05) is 26.2 Å². The van der Waals surface area contributed by atoms with E-state index in [-0.39, 0.29) is 0 Å². The smallest absolute Gasteiger partial charge is 0.119 e. The minimum absolute atomic E-state index is 0.766. The summed E-state index contributed by atoms with van der Waals surface area (Å²) in [5, 5.41) is 0. The molecule has 0 amide bonds. The Morgan fingerprint density at radius 3 is 2.27 bits per heavy atom. The van der Waals surface area contributed by atoms with Crippen LogP contribution in [0.15, 0.2) is 24.3 Å². The predicted octanol–water partition coefficient (Wildman–Crippen LogP) is 3.01. The molecule has 0 aliphatic rings. The highest BCUT2D eigenvalue weighted by Crippen LogP contribution is 2.13. The molecule has 0 atom stereocenters. The van der Waals surface area contributed by atoms with Crippen molar-refractivity contribution < 1.29 is 4.74 Å². The summed E-state index contributed by atoms with van der Waals surface area (Å²) in [5.74, 6) is 0.961. The first-order valence-electron chi connectivity index (χ1n) is 5.37. The second-order valence-electron chi connectivity index (χ2n) is 3.33. The van der Waals surface area contributed by atoms with Crippen LogP contribution >= 0.6 is 22.6 Å². The predicted molar refractivity (Wildman–Crippen MR) is 72.4 cm³/mol. The topological polar surface area (TPSA) is 12.5 Å². The second kappa shape index (κ2) is 7.06. The lowest BCUT2D eigenvalue weighted by Gasteiger charge is -2.17. The van der Waals surface area contributed by atoms with Gasteiger partial charge in [0.25, 0.3) is 0 Å². The van der Waals surface area contributed by atoms with E-state index in [4.69, 9.17) is 4.74 Å². The number of benzene rings is 1. The highest BCUT2D eigenvalue weighted by molar-refractivity contribution is 14.1. The van der Waals surface area contributed by atoms with Crippen LogP contribution in [0, 0.1) is 3.57 Å². The van der Waals surface area contributed by atoms with Crippen LogP contribution in [0.2, 0.25) is 0 Å². The Balaban J connectivity index is 2.28. The van der Waals surface area contributed by atoms with E-state index in [1.165, 1.54) is 3.57 Å². The SMILES string of the molecule is CCN(CC)CCOc1ccc(I)cc1. The van der Waals surface area contributed by atoms with Gasteiger partial charge >= 0.3 is 0 Å². The third kappa shape index (κ3) is 4.84. The molecule has 0 fully saturated rings. The van der Waals surface area contributed by atoms with Crippen LogP contribution in [0.4, 0.5) is 0 Å². The van der Waals surface area contributed by atoms with E-state index in [1.54, 1.807) is 0 Å². The molecule has 0 spiro atoms. The van der Waals surface area contributed by atoms with Crippen molar-refractivity contribution in [3.8, 4) is 5.75 Å². The summed E-state index contributed by atoms with van der Waals surface area (Å²) in [4.78, 5) is 2.35. The first kappa shape index (κ1) is 12.8. The van der Waals surface area contributed by atoms with Crippen molar-refractivity contribution >= 4 is 22.6 Å². The Kier molecular flexibility index (Phi) is 6.02. The van der Waals surface area contributed by atoms with E-state index in [1.807, 2.05) is 12.1 Å². The lowest BCUT2D eigenvalue weighted by atomic mass is 10.3. The Labute approximate surface area is 106 Å².